The quantitative estimate of drug-likeness (QED) is 0.631. The number of hydrogen-bond donors (Lipinski definition) is 1. The molecular weight excluding hydrogens is 150 g/mol. The lowest BCUT2D eigenvalue weighted by molar-refractivity contribution is 0.851. The second-order valence-corrected chi connectivity index (χ2v) is 2.99. The van der Waals surface area contributed by atoms with E-state index in [2.05, 4.69) is 22.2 Å². The highest BCUT2D eigenvalue weighted by atomic mass is 15.0. The minimum Gasteiger partial charge on any atom is -0.379 e. The predicted molar refractivity (Wildman–Crippen MR) is 50.1 cm³/mol. The molecule has 2 rings (SSSR count). The lowest BCUT2D eigenvalue weighted by Gasteiger charge is -2.10. The fourth-order valence-electron chi connectivity index (χ4n) is 1.24. The third kappa shape index (κ3) is 1.30. The Kier molecular flexibility index (Phi) is 1.78. The van der Waals surface area contributed by atoms with Gasteiger partial charge in [-0.15, -0.1) is 0 Å². The van der Waals surface area contributed by atoms with E-state index in [1.54, 1.807) is 6.20 Å². The fraction of sp³-hybridized carbons (Fsp3) is 0.333. The molecule has 62 valence electrons. The van der Waals surface area contributed by atoms with Crippen molar-refractivity contribution in [3.05, 3.63) is 18.5 Å². The van der Waals surface area contributed by atoms with Gasteiger partial charge in [0.2, 0.25) is 0 Å². The second kappa shape index (κ2) is 2.93. The highest BCUT2D eigenvalue weighted by Gasteiger charge is 2.07. The monoisotopic (exact) mass is 161 g/mol. The van der Waals surface area contributed by atoms with Gasteiger partial charge >= 0.3 is 0 Å². The summed E-state index contributed by atoms with van der Waals surface area (Å²) in [7, 11) is 0. The average Bonchev–Trinajstić information content (AvgIpc) is 2.25. The van der Waals surface area contributed by atoms with Crippen LogP contribution in [0.5, 0.6) is 0 Å². The van der Waals surface area contributed by atoms with Gasteiger partial charge in [-0.05, 0) is 13.0 Å². The molecule has 0 fully saturated rings. The Morgan fingerprint density at radius 3 is 3.42 bits per heavy atom. The van der Waals surface area contributed by atoms with E-state index in [9.17, 15) is 0 Å². The molecule has 2 heterocycles. The van der Waals surface area contributed by atoms with Gasteiger partial charge in [-0.1, -0.05) is 0 Å². The number of pyridine rings is 1. The van der Waals surface area contributed by atoms with E-state index in [1.165, 1.54) is 0 Å². The Bertz CT molecular complexity index is 306. The minimum absolute atomic E-state index is 0.444. The second-order valence-electron chi connectivity index (χ2n) is 2.99. The smallest absolute Gasteiger partial charge is 0.0888 e. The molecule has 1 N–H and O–H groups in total. The van der Waals surface area contributed by atoms with Gasteiger partial charge < -0.3 is 5.32 Å². The predicted octanol–water partition coefficient (Wildman–Crippen LogP) is 1.99. The van der Waals surface area contributed by atoms with Crippen LogP contribution < -0.4 is 5.32 Å². The van der Waals surface area contributed by atoms with E-state index in [-0.39, 0.29) is 0 Å². The highest BCUT2D eigenvalue weighted by Crippen LogP contribution is 2.25. The van der Waals surface area contributed by atoms with Gasteiger partial charge in [0, 0.05) is 24.9 Å². The van der Waals surface area contributed by atoms with Crippen molar-refractivity contribution >= 4 is 17.6 Å². The van der Waals surface area contributed by atoms with Crippen LogP contribution in [-0.2, 0) is 0 Å². The summed E-state index contributed by atoms with van der Waals surface area (Å²) in [6.45, 7) is 2.13. The zero-order valence-corrected chi connectivity index (χ0v) is 6.99. The lowest BCUT2D eigenvalue weighted by Crippen LogP contribution is -2.13. The molecule has 1 atom stereocenters. The van der Waals surface area contributed by atoms with Gasteiger partial charge in [0.05, 0.1) is 17.6 Å². The van der Waals surface area contributed by atoms with E-state index in [0.29, 0.717) is 6.04 Å². The van der Waals surface area contributed by atoms with Crippen molar-refractivity contribution in [2.45, 2.75) is 19.4 Å². The molecule has 0 aliphatic carbocycles. The van der Waals surface area contributed by atoms with Gasteiger partial charge in [-0.2, -0.15) is 0 Å². The molecule has 1 aromatic heterocycles. The number of aliphatic imine (C=N–C) groups is 1. The van der Waals surface area contributed by atoms with Crippen LogP contribution in [0.2, 0.25) is 0 Å². The van der Waals surface area contributed by atoms with Gasteiger partial charge in [0.25, 0.3) is 0 Å². The Morgan fingerprint density at radius 2 is 2.50 bits per heavy atom. The molecule has 12 heavy (non-hydrogen) atoms. The molecule has 0 amide bonds. The van der Waals surface area contributed by atoms with Crippen LogP contribution in [0.3, 0.4) is 0 Å². The Labute approximate surface area is 71.6 Å². The number of hydrogen-bond acceptors (Lipinski definition) is 3. The SMILES string of the molecule is CC1CC=Nc2ccncc2N1. The van der Waals surface area contributed by atoms with Gasteiger partial charge in [-0.3, -0.25) is 9.98 Å². The van der Waals surface area contributed by atoms with Crippen molar-refractivity contribution in [3.63, 3.8) is 0 Å². The Balaban J connectivity index is 2.41. The molecule has 3 nitrogen and oxygen atoms in total. The minimum atomic E-state index is 0.444. The van der Waals surface area contributed by atoms with Crippen LogP contribution in [-0.4, -0.2) is 17.2 Å². The zero-order chi connectivity index (χ0) is 8.39. The van der Waals surface area contributed by atoms with E-state index >= 15 is 0 Å². The fourth-order valence-corrected chi connectivity index (χ4v) is 1.24. The molecule has 3 heteroatoms. The molecule has 0 saturated heterocycles. The van der Waals surface area contributed by atoms with Crippen LogP contribution in [0.4, 0.5) is 11.4 Å². The molecule has 0 aromatic carbocycles. The topological polar surface area (TPSA) is 37.3 Å². The van der Waals surface area contributed by atoms with E-state index in [4.69, 9.17) is 0 Å². The van der Waals surface area contributed by atoms with Gasteiger partial charge in [-0.25, -0.2) is 0 Å². The first-order valence-corrected chi connectivity index (χ1v) is 4.09. The molecule has 1 aliphatic rings. The van der Waals surface area contributed by atoms with Gasteiger partial charge in [0.15, 0.2) is 0 Å². The average molecular weight is 161 g/mol. The number of anilines is 1. The van der Waals surface area contributed by atoms with Crippen LogP contribution in [0, 0.1) is 0 Å². The molecule has 1 unspecified atom stereocenters. The van der Waals surface area contributed by atoms with E-state index in [1.807, 2.05) is 18.5 Å². The molecule has 0 bridgehead atoms. The summed E-state index contributed by atoms with van der Waals surface area (Å²) in [5.41, 5.74) is 2.01. The maximum Gasteiger partial charge on any atom is 0.0888 e. The highest BCUT2D eigenvalue weighted by molar-refractivity contribution is 5.74. The van der Waals surface area contributed by atoms with Crippen LogP contribution in [0.25, 0.3) is 0 Å². The van der Waals surface area contributed by atoms with Crippen molar-refractivity contribution in [3.8, 4) is 0 Å². The van der Waals surface area contributed by atoms with E-state index in [0.717, 1.165) is 17.8 Å². The van der Waals surface area contributed by atoms with Crippen molar-refractivity contribution in [1.82, 2.24) is 4.98 Å². The number of aromatic nitrogens is 1. The van der Waals surface area contributed by atoms with Crippen LogP contribution >= 0.6 is 0 Å². The summed E-state index contributed by atoms with van der Waals surface area (Å²) >= 11 is 0. The van der Waals surface area contributed by atoms with Crippen molar-refractivity contribution < 1.29 is 0 Å². The lowest BCUT2D eigenvalue weighted by atomic mass is 10.2. The molecule has 0 radical (unpaired) electrons. The summed E-state index contributed by atoms with van der Waals surface area (Å²) < 4.78 is 0. The molecule has 1 aromatic rings. The standard InChI is InChI=1S/C9H11N3/c1-7-2-5-11-8-3-4-10-6-9(8)12-7/h3-7,12H,2H2,1H3. The third-order valence-electron chi connectivity index (χ3n) is 1.89. The molecule has 0 spiro atoms. The summed E-state index contributed by atoms with van der Waals surface area (Å²) in [5, 5.41) is 3.33. The van der Waals surface area contributed by atoms with Crippen molar-refractivity contribution in [2.24, 2.45) is 4.99 Å². The van der Waals surface area contributed by atoms with Crippen LogP contribution in [0.15, 0.2) is 23.5 Å². The van der Waals surface area contributed by atoms with Crippen molar-refractivity contribution in [1.29, 1.82) is 0 Å². The van der Waals surface area contributed by atoms with E-state index < -0.39 is 0 Å². The maximum absolute atomic E-state index is 4.31. The van der Waals surface area contributed by atoms with Gasteiger partial charge in [0.1, 0.15) is 0 Å². The summed E-state index contributed by atoms with van der Waals surface area (Å²) in [4.78, 5) is 8.35. The first-order valence-electron chi connectivity index (χ1n) is 4.09. The normalized spacial score (nSPS) is 20.9. The molecule has 0 saturated carbocycles. The first kappa shape index (κ1) is 7.28. The largest absolute Gasteiger partial charge is 0.379 e. The third-order valence-corrected chi connectivity index (χ3v) is 1.89. The molecule has 1 aliphatic heterocycles. The molecular formula is C9H11N3. The number of nitrogens with zero attached hydrogens (tertiary/aromatic N) is 2. The summed E-state index contributed by atoms with van der Waals surface area (Å²) in [6.07, 6.45) is 6.49. The Morgan fingerprint density at radius 1 is 1.58 bits per heavy atom. The number of nitrogens with one attached hydrogen (secondary N) is 1. The number of rotatable bonds is 0. The number of fused-ring (bicyclic) bond motifs is 1. The summed E-state index contributed by atoms with van der Waals surface area (Å²) in [6, 6.07) is 2.36. The Hall–Kier alpha value is -1.38. The zero-order valence-electron chi connectivity index (χ0n) is 6.99. The maximum atomic E-state index is 4.31. The summed E-state index contributed by atoms with van der Waals surface area (Å²) in [5.74, 6) is 0. The first-order chi connectivity index (χ1) is 5.86. The van der Waals surface area contributed by atoms with Crippen LogP contribution in [0.1, 0.15) is 13.3 Å². The van der Waals surface area contributed by atoms with Crippen molar-refractivity contribution in [2.75, 3.05) is 5.32 Å².